The van der Waals surface area contributed by atoms with Gasteiger partial charge in [0.2, 0.25) is 5.60 Å². The minimum absolute atomic E-state index is 0.0835. The lowest BCUT2D eigenvalue weighted by Gasteiger charge is -2.76. The van der Waals surface area contributed by atoms with Crippen molar-refractivity contribution < 1.29 is 66.3 Å². The van der Waals surface area contributed by atoms with Crippen LogP contribution in [0.15, 0.2) is 34.7 Å². The fraction of sp³-hybridized carbons (Fsp3) is 0.694. The van der Waals surface area contributed by atoms with Gasteiger partial charge in [-0.1, -0.05) is 27.7 Å². The first-order valence-electron chi connectivity index (χ1n) is 17.2. The molecule has 14 nitrogen and oxygen atoms in total. The van der Waals surface area contributed by atoms with E-state index in [0.29, 0.717) is 17.6 Å². The molecule has 4 aliphatic carbocycles. The third-order valence-electron chi connectivity index (χ3n) is 13.6. The summed E-state index contributed by atoms with van der Waals surface area (Å²) in [5.74, 6) is -6.37. The van der Waals surface area contributed by atoms with Crippen LogP contribution in [0.25, 0.3) is 0 Å². The summed E-state index contributed by atoms with van der Waals surface area (Å²) in [6, 6.07) is 1.71. The maximum Gasteiger partial charge on any atom is 0.331 e. The molecule has 268 valence electrons. The van der Waals surface area contributed by atoms with Crippen LogP contribution >= 0.6 is 0 Å². The Bertz CT molecular complexity index is 1820. The number of furan rings is 1. The number of esters is 5. The molecule has 12 atom stereocenters. The van der Waals surface area contributed by atoms with Crippen LogP contribution < -0.4 is 0 Å². The molecule has 8 aliphatic rings. The zero-order valence-corrected chi connectivity index (χ0v) is 28.9. The zero-order chi connectivity index (χ0) is 35.7. The number of carbonyl (C=O) groups is 5. The van der Waals surface area contributed by atoms with E-state index < -0.39 is 105 Å². The van der Waals surface area contributed by atoms with Gasteiger partial charge in [0.05, 0.1) is 23.9 Å². The Kier molecular flexibility index (Phi) is 5.91. The Morgan fingerprint density at radius 3 is 2.34 bits per heavy atom. The third kappa shape index (κ3) is 3.11. The molecule has 4 saturated carbocycles. The van der Waals surface area contributed by atoms with Crippen LogP contribution in [0.4, 0.5) is 0 Å². The van der Waals surface area contributed by atoms with Gasteiger partial charge in [-0.05, 0) is 36.8 Å². The van der Waals surface area contributed by atoms with Crippen LogP contribution in [-0.2, 0) is 61.9 Å². The minimum atomic E-state index is -2.07. The molecule has 1 aromatic rings. The zero-order valence-electron chi connectivity index (χ0n) is 28.9. The van der Waals surface area contributed by atoms with Gasteiger partial charge in [0, 0.05) is 49.7 Å². The smallest absolute Gasteiger partial charge is 0.331 e. The van der Waals surface area contributed by atoms with Gasteiger partial charge < -0.3 is 42.3 Å². The van der Waals surface area contributed by atoms with E-state index in [-0.39, 0.29) is 25.9 Å². The highest BCUT2D eigenvalue weighted by Crippen LogP contribution is 2.90. The number of ether oxygens (including phenoxy) is 8. The van der Waals surface area contributed by atoms with E-state index in [1.54, 1.807) is 26.8 Å². The summed E-state index contributed by atoms with van der Waals surface area (Å²) >= 11 is 0. The highest BCUT2D eigenvalue weighted by Gasteiger charge is 3.06. The molecule has 4 bridgehead atoms. The fourth-order valence-corrected chi connectivity index (χ4v) is 12.5. The van der Waals surface area contributed by atoms with Crippen molar-refractivity contribution in [2.45, 2.75) is 121 Å². The Balaban J connectivity index is 1.44. The van der Waals surface area contributed by atoms with Gasteiger partial charge in [-0.3, -0.25) is 19.2 Å². The van der Waals surface area contributed by atoms with Gasteiger partial charge in [-0.2, -0.15) is 0 Å². The minimum Gasteiger partial charge on any atom is -0.472 e. The predicted octanol–water partition coefficient (Wildman–Crippen LogP) is 3.36. The van der Waals surface area contributed by atoms with Gasteiger partial charge in [0.25, 0.3) is 5.97 Å². The summed E-state index contributed by atoms with van der Waals surface area (Å²) in [5, 5.41) is 0. The second-order valence-corrected chi connectivity index (χ2v) is 16.3. The topological polar surface area (TPSA) is 172 Å². The van der Waals surface area contributed by atoms with Crippen LogP contribution in [0.2, 0.25) is 0 Å². The molecule has 1 aromatic heterocycles. The molecule has 7 fully saturated rings. The molecule has 4 aliphatic heterocycles. The molecular formula is C36H40O14. The van der Waals surface area contributed by atoms with E-state index >= 15 is 0 Å². The van der Waals surface area contributed by atoms with E-state index in [2.05, 4.69) is 0 Å². The van der Waals surface area contributed by atoms with E-state index in [1.807, 2.05) is 13.8 Å². The number of fused-ring (bicyclic) bond motifs is 4. The maximum absolute atomic E-state index is 14.1. The van der Waals surface area contributed by atoms with Gasteiger partial charge in [0.15, 0.2) is 17.8 Å². The molecule has 1 unspecified atom stereocenters. The van der Waals surface area contributed by atoms with E-state index in [9.17, 15) is 24.0 Å². The average molecular weight is 697 g/mol. The van der Waals surface area contributed by atoms with Crippen molar-refractivity contribution in [2.24, 2.45) is 28.1 Å². The number of hydrogen-bond donors (Lipinski definition) is 0. The predicted molar refractivity (Wildman–Crippen MR) is 162 cm³/mol. The molecule has 5 heterocycles. The molecule has 0 N–H and O–H groups in total. The lowest BCUT2D eigenvalue weighted by Crippen LogP contribution is -2.94. The molecule has 3 spiro atoms. The Morgan fingerprint density at radius 1 is 0.940 bits per heavy atom. The van der Waals surface area contributed by atoms with E-state index in [1.165, 1.54) is 32.4 Å². The fourth-order valence-electron chi connectivity index (χ4n) is 12.5. The molecule has 3 saturated heterocycles. The summed E-state index contributed by atoms with van der Waals surface area (Å²) < 4.78 is 58.4. The molecule has 0 aromatic carbocycles. The van der Waals surface area contributed by atoms with Gasteiger partial charge in [-0.25, -0.2) is 4.79 Å². The summed E-state index contributed by atoms with van der Waals surface area (Å²) in [6.45, 7) is 11.0. The van der Waals surface area contributed by atoms with Crippen molar-refractivity contribution in [1.29, 1.82) is 0 Å². The van der Waals surface area contributed by atoms with Crippen molar-refractivity contribution >= 4 is 29.8 Å². The quantitative estimate of drug-likeness (QED) is 0.324. The molecule has 50 heavy (non-hydrogen) atoms. The first kappa shape index (κ1) is 32.2. The van der Waals surface area contributed by atoms with Crippen molar-refractivity contribution in [1.82, 2.24) is 0 Å². The van der Waals surface area contributed by atoms with Crippen molar-refractivity contribution in [2.75, 3.05) is 6.61 Å². The SMILES string of the molecule is CC(=O)O[C@H]1[C@@]2(C)C[C@]34OC5(C)O[C@@]6(CC[C@]7(C)C(=CC(=O)O[C@H]7c7ccoc7)[C@@]6(O5)[C@H](OC(=O)C(C)C)[C@@]13OC(C)=O)[C@@]41COC(=O)C[C@@H]21. The molecular weight excluding hydrogens is 656 g/mol. The highest BCUT2D eigenvalue weighted by molar-refractivity contribution is 5.86. The Morgan fingerprint density at radius 2 is 1.68 bits per heavy atom. The summed E-state index contributed by atoms with van der Waals surface area (Å²) in [4.78, 5) is 67.9. The highest BCUT2D eigenvalue weighted by atomic mass is 16.9. The van der Waals surface area contributed by atoms with Crippen molar-refractivity contribution in [3.8, 4) is 0 Å². The number of carbonyl (C=O) groups excluding carboxylic acids is 5. The molecule has 0 radical (unpaired) electrons. The summed E-state index contributed by atoms with van der Waals surface area (Å²) in [6.07, 6.45) is 1.27. The number of cyclic esters (lactones) is 2. The van der Waals surface area contributed by atoms with Crippen LogP contribution in [0.3, 0.4) is 0 Å². The lowest BCUT2D eigenvalue weighted by molar-refractivity contribution is -0.482. The van der Waals surface area contributed by atoms with E-state index in [0.717, 1.165) is 0 Å². The van der Waals surface area contributed by atoms with Crippen LogP contribution in [0, 0.1) is 28.1 Å². The second-order valence-electron chi connectivity index (χ2n) is 16.3. The molecule has 9 rings (SSSR count). The van der Waals surface area contributed by atoms with Gasteiger partial charge in [-0.15, -0.1) is 0 Å². The van der Waals surface area contributed by atoms with Crippen molar-refractivity contribution in [3.05, 3.63) is 35.8 Å². The van der Waals surface area contributed by atoms with Crippen LogP contribution in [0.1, 0.15) is 85.8 Å². The third-order valence-corrected chi connectivity index (χ3v) is 13.6. The first-order chi connectivity index (χ1) is 23.4. The standard InChI is InChI=1S/C36H40O14/c1-17(2)26(41)46-28-35-22-13-24(40)45-25(20-8-11-42-14-20)29(22,5)9-10-33(35)32-16-43-23(39)12-21(32)30(6)15-34(32,49-31(7,48-33)50-35)36(28,47-19(4)38)27(30)44-18(3)37/h8,11,13-14,17,21,25,27-28H,9-10,12,15-16H2,1-7H3/t21-,25-,27-,28-,29+,30-,31?,32-,33-,34+,35+,36-/m0/s1. The second kappa shape index (κ2) is 9.18. The Labute approximate surface area is 287 Å². The van der Waals surface area contributed by atoms with E-state index in [4.69, 9.17) is 42.3 Å². The van der Waals surface area contributed by atoms with Crippen LogP contribution in [-0.4, -0.2) is 77.0 Å². The lowest BCUT2D eigenvalue weighted by atomic mass is 9.34. The molecule has 14 heteroatoms. The first-order valence-corrected chi connectivity index (χ1v) is 17.2. The molecule has 0 amide bonds. The Hall–Kier alpha value is -3.75. The summed E-state index contributed by atoms with van der Waals surface area (Å²) in [7, 11) is 0. The van der Waals surface area contributed by atoms with Gasteiger partial charge in [0.1, 0.15) is 23.9 Å². The van der Waals surface area contributed by atoms with Gasteiger partial charge >= 0.3 is 29.8 Å². The number of hydrogen-bond acceptors (Lipinski definition) is 14. The average Bonchev–Trinajstić information content (AvgIpc) is 3.73. The van der Waals surface area contributed by atoms with Crippen molar-refractivity contribution in [3.63, 3.8) is 0 Å². The van der Waals surface area contributed by atoms with Crippen LogP contribution in [0.5, 0.6) is 0 Å². The summed E-state index contributed by atoms with van der Waals surface area (Å²) in [5.41, 5.74) is -9.55. The maximum atomic E-state index is 14.1. The monoisotopic (exact) mass is 696 g/mol. The largest absolute Gasteiger partial charge is 0.472 e. The number of rotatable bonds is 5. The normalized spacial score (nSPS) is 50.0.